The lowest BCUT2D eigenvalue weighted by molar-refractivity contribution is 0.0936. The second-order valence-corrected chi connectivity index (χ2v) is 4.40. The third kappa shape index (κ3) is 4.71. The molecule has 0 fully saturated rings. The molecule has 2 amide bonds. The molecule has 1 aromatic carbocycles. The van der Waals surface area contributed by atoms with Crippen LogP contribution in [0.4, 0.5) is 0 Å². The average molecular weight is 264 g/mol. The van der Waals surface area contributed by atoms with Gasteiger partial charge in [0.25, 0.3) is 11.8 Å². The van der Waals surface area contributed by atoms with E-state index in [2.05, 4.69) is 10.6 Å². The molecule has 0 aromatic heterocycles. The normalized spacial score (nSPS) is 11.7. The first kappa shape index (κ1) is 15.2. The summed E-state index contributed by atoms with van der Waals surface area (Å²) in [5, 5.41) is 14.1. The highest BCUT2D eigenvalue weighted by atomic mass is 16.3. The highest BCUT2D eigenvalue weighted by Crippen LogP contribution is 2.06. The van der Waals surface area contributed by atoms with Crippen molar-refractivity contribution in [3.8, 4) is 0 Å². The summed E-state index contributed by atoms with van der Waals surface area (Å²) < 4.78 is 0. The van der Waals surface area contributed by atoms with Crippen molar-refractivity contribution in [1.82, 2.24) is 10.6 Å². The zero-order valence-corrected chi connectivity index (χ0v) is 11.3. The number of carbonyl (C=O) groups excluding carboxylic acids is 2. The molecular formula is C14H20N2O3. The van der Waals surface area contributed by atoms with Crippen molar-refractivity contribution in [3.05, 3.63) is 35.4 Å². The van der Waals surface area contributed by atoms with Crippen LogP contribution in [0.1, 0.15) is 40.5 Å². The quantitative estimate of drug-likeness (QED) is 0.715. The third-order valence-corrected chi connectivity index (χ3v) is 2.79. The molecule has 1 atom stereocenters. The van der Waals surface area contributed by atoms with Gasteiger partial charge in [-0.25, -0.2) is 0 Å². The fourth-order valence-corrected chi connectivity index (χ4v) is 1.72. The number of amides is 2. The molecular weight excluding hydrogens is 244 g/mol. The van der Waals surface area contributed by atoms with E-state index < -0.39 is 0 Å². The summed E-state index contributed by atoms with van der Waals surface area (Å²) in [6.07, 6.45) is 1.37. The first-order valence-electron chi connectivity index (χ1n) is 6.32. The van der Waals surface area contributed by atoms with E-state index in [1.54, 1.807) is 31.3 Å². The fourth-order valence-electron chi connectivity index (χ4n) is 1.72. The molecule has 1 aromatic rings. The molecule has 0 saturated carbocycles. The molecule has 0 aliphatic carbocycles. The number of aliphatic hydroxyl groups excluding tert-OH is 1. The SMILES string of the molecule is CNC(=O)c1cccc(C(=O)NC(C)CCCO)c1. The Bertz CT molecular complexity index is 446. The molecule has 0 saturated heterocycles. The van der Waals surface area contributed by atoms with E-state index >= 15 is 0 Å². The van der Waals surface area contributed by atoms with Crippen LogP contribution in [-0.4, -0.2) is 36.6 Å². The van der Waals surface area contributed by atoms with Crippen LogP contribution in [0, 0.1) is 0 Å². The molecule has 1 rings (SSSR count). The summed E-state index contributed by atoms with van der Waals surface area (Å²) in [5.74, 6) is -0.431. The lowest BCUT2D eigenvalue weighted by Crippen LogP contribution is -2.32. The van der Waals surface area contributed by atoms with Gasteiger partial charge in [-0.15, -0.1) is 0 Å². The largest absolute Gasteiger partial charge is 0.396 e. The first-order valence-corrected chi connectivity index (χ1v) is 6.32. The highest BCUT2D eigenvalue weighted by molar-refractivity contribution is 5.99. The number of hydrogen-bond donors (Lipinski definition) is 3. The van der Waals surface area contributed by atoms with Crippen molar-refractivity contribution in [2.24, 2.45) is 0 Å². The van der Waals surface area contributed by atoms with E-state index in [1.165, 1.54) is 0 Å². The van der Waals surface area contributed by atoms with E-state index in [0.717, 1.165) is 6.42 Å². The zero-order valence-electron chi connectivity index (χ0n) is 11.3. The van der Waals surface area contributed by atoms with Crippen LogP contribution in [0.5, 0.6) is 0 Å². The van der Waals surface area contributed by atoms with E-state index in [4.69, 9.17) is 5.11 Å². The van der Waals surface area contributed by atoms with Crippen molar-refractivity contribution < 1.29 is 14.7 Å². The average Bonchev–Trinajstić information content (AvgIpc) is 2.44. The van der Waals surface area contributed by atoms with Crippen LogP contribution >= 0.6 is 0 Å². The second-order valence-electron chi connectivity index (χ2n) is 4.40. The van der Waals surface area contributed by atoms with E-state index in [0.29, 0.717) is 17.5 Å². The second kappa shape index (κ2) is 7.53. The predicted octanol–water partition coefficient (Wildman–Crippen LogP) is 0.937. The van der Waals surface area contributed by atoms with Gasteiger partial charge in [0.2, 0.25) is 0 Å². The minimum Gasteiger partial charge on any atom is -0.396 e. The van der Waals surface area contributed by atoms with Gasteiger partial charge >= 0.3 is 0 Å². The molecule has 19 heavy (non-hydrogen) atoms. The summed E-state index contributed by atoms with van der Waals surface area (Å²) in [6, 6.07) is 6.55. The fraction of sp³-hybridized carbons (Fsp3) is 0.429. The Morgan fingerprint density at radius 1 is 1.26 bits per heavy atom. The van der Waals surface area contributed by atoms with Crippen molar-refractivity contribution >= 4 is 11.8 Å². The van der Waals surface area contributed by atoms with E-state index in [1.807, 2.05) is 6.92 Å². The van der Waals surface area contributed by atoms with E-state index in [-0.39, 0.29) is 24.5 Å². The van der Waals surface area contributed by atoms with Crippen molar-refractivity contribution in [2.45, 2.75) is 25.8 Å². The van der Waals surface area contributed by atoms with Crippen LogP contribution in [0.15, 0.2) is 24.3 Å². The molecule has 0 aliphatic heterocycles. The summed E-state index contributed by atoms with van der Waals surface area (Å²) in [4.78, 5) is 23.5. The molecule has 104 valence electrons. The predicted molar refractivity (Wildman–Crippen MR) is 73.1 cm³/mol. The maximum Gasteiger partial charge on any atom is 0.251 e. The molecule has 0 aliphatic rings. The molecule has 5 heteroatoms. The van der Waals surface area contributed by atoms with Gasteiger partial charge in [-0.2, -0.15) is 0 Å². The van der Waals surface area contributed by atoms with Crippen molar-refractivity contribution in [2.75, 3.05) is 13.7 Å². The van der Waals surface area contributed by atoms with Crippen LogP contribution in [-0.2, 0) is 0 Å². The van der Waals surface area contributed by atoms with Crippen LogP contribution in [0.2, 0.25) is 0 Å². The van der Waals surface area contributed by atoms with Gasteiger partial charge < -0.3 is 15.7 Å². The Kier molecular flexibility index (Phi) is 6.02. The minimum absolute atomic E-state index is 0.0108. The van der Waals surface area contributed by atoms with Crippen LogP contribution in [0.3, 0.4) is 0 Å². The topological polar surface area (TPSA) is 78.4 Å². The first-order chi connectivity index (χ1) is 9.08. The molecule has 5 nitrogen and oxygen atoms in total. The zero-order chi connectivity index (χ0) is 14.3. The highest BCUT2D eigenvalue weighted by Gasteiger charge is 2.11. The monoisotopic (exact) mass is 264 g/mol. The number of benzene rings is 1. The Morgan fingerprint density at radius 3 is 2.47 bits per heavy atom. The lowest BCUT2D eigenvalue weighted by Gasteiger charge is -2.13. The van der Waals surface area contributed by atoms with E-state index in [9.17, 15) is 9.59 Å². The van der Waals surface area contributed by atoms with Gasteiger partial charge in [0.1, 0.15) is 0 Å². The van der Waals surface area contributed by atoms with Crippen LogP contribution in [0.25, 0.3) is 0 Å². The Balaban J connectivity index is 2.69. The molecule has 0 spiro atoms. The Morgan fingerprint density at radius 2 is 1.89 bits per heavy atom. The maximum absolute atomic E-state index is 12.0. The standard InChI is InChI=1S/C14H20N2O3/c1-10(5-4-8-17)16-14(19)12-7-3-6-11(9-12)13(18)15-2/h3,6-7,9-10,17H,4-5,8H2,1-2H3,(H,15,18)(H,16,19). The van der Waals surface area contributed by atoms with Crippen molar-refractivity contribution in [1.29, 1.82) is 0 Å². The molecule has 0 bridgehead atoms. The summed E-state index contributed by atoms with van der Waals surface area (Å²) in [7, 11) is 1.55. The van der Waals surface area contributed by atoms with Gasteiger partial charge in [-0.05, 0) is 38.0 Å². The third-order valence-electron chi connectivity index (χ3n) is 2.79. The molecule has 0 heterocycles. The lowest BCUT2D eigenvalue weighted by atomic mass is 10.1. The molecule has 1 unspecified atom stereocenters. The molecule has 3 N–H and O–H groups in total. The minimum atomic E-state index is -0.219. The number of rotatable bonds is 6. The van der Waals surface area contributed by atoms with Crippen LogP contribution < -0.4 is 10.6 Å². The number of hydrogen-bond acceptors (Lipinski definition) is 3. The summed E-state index contributed by atoms with van der Waals surface area (Å²) >= 11 is 0. The number of carbonyl (C=O) groups is 2. The van der Waals surface area contributed by atoms with Gasteiger partial charge in [0.15, 0.2) is 0 Å². The summed E-state index contributed by atoms with van der Waals surface area (Å²) in [5.41, 5.74) is 0.912. The van der Waals surface area contributed by atoms with Gasteiger partial charge in [-0.1, -0.05) is 6.07 Å². The molecule has 0 radical (unpaired) electrons. The summed E-state index contributed by atoms with van der Waals surface area (Å²) in [6.45, 7) is 2.00. The number of nitrogens with one attached hydrogen (secondary N) is 2. The smallest absolute Gasteiger partial charge is 0.251 e. The van der Waals surface area contributed by atoms with Gasteiger partial charge in [0, 0.05) is 30.8 Å². The van der Waals surface area contributed by atoms with Gasteiger partial charge in [-0.3, -0.25) is 9.59 Å². The van der Waals surface area contributed by atoms with Crippen molar-refractivity contribution in [3.63, 3.8) is 0 Å². The number of aliphatic hydroxyl groups is 1. The Labute approximate surface area is 113 Å². The van der Waals surface area contributed by atoms with Gasteiger partial charge in [0.05, 0.1) is 0 Å². The Hall–Kier alpha value is -1.88. The maximum atomic E-state index is 12.0.